The average Bonchev–Trinajstić information content (AvgIpc) is 2.29. The Morgan fingerprint density at radius 3 is 1.94 bits per heavy atom. The Morgan fingerprint density at radius 2 is 1.38 bits per heavy atom. The Bertz CT molecular complexity index is 359. The quantitative estimate of drug-likeness (QED) is 0.718. The van der Waals surface area contributed by atoms with Crippen molar-refractivity contribution in [3.63, 3.8) is 0 Å². The molecule has 2 heteroatoms. The van der Waals surface area contributed by atoms with Crippen LogP contribution in [0.15, 0.2) is 18.5 Å². The van der Waals surface area contributed by atoms with Crippen LogP contribution in [-0.2, 0) is 0 Å². The first-order chi connectivity index (χ1) is 7.90. The van der Waals surface area contributed by atoms with Crippen LogP contribution in [0.25, 0.3) is 0 Å². The second kappa shape index (κ2) is 3.28. The molecule has 16 heavy (non-hydrogen) atoms. The molecule has 0 amide bonds. The van der Waals surface area contributed by atoms with Crippen molar-refractivity contribution in [1.29, 1.82) is 0 Å². The van der Waals surface area contributed by atoms with Crippen molar-refractivity contribution < 1.29 is 0 Å². The number of aromatic nitrogens is 2. The topological polar surface area (TPSA) is 25.8 Å². The van der Waals surface area contributed by atoms with Crippen LogP contribution in [0.4, 0.5) is 0 Å². The van der Waals surface area contributed by atoms with Crippen molar-refractivity contribution in [2.24, 2.45) is 23.7 Å². The molecule has 1 heterocycles. The van der Waals surface area contributed by atoms with Crippen molar-refractivity contribution in [2.75, 3.05) is 0 Å². The minimum atomic E-state index is 0.689. The lowest BCUT2D eigenvalue weighted by molar-refractivity contribution is -0.00566. The van der Waals surface area contributed by atoms with Crippen LogP contribution in [0.1, 0.15) is 43.8 Å². The number of hydrogen-bond acceptors (Lipinski definition) is 2. The summed E-state index contributed by atoms with van der Waals surface area (Å²) in [5, 5.41) is 0. The molecular weight excluding hydrogens is 196 g/mol. The SMILES string of the molecule is c1cnc(C2C3CC4CC(C3)CC2C4)nc1. The maximum Gasteiger partial charge on any atom is 0.131 e. The van der Waals surface area contributed by atoms with Crippen molar-refractivity contribution in [2.45, 2.75) is 38.0 Å². The first-order valence-corrected chi connectivity index (χ1v) is 6.67. The van der Waals surface area contributed by atoms with Crippen LogP contribution in [-0.4, -0.2) is 9.97 Å². The van der Waals surface area contributed by atoms with E-state index < -0.39 is 0 Å². The summed E-state index contributed by atoms with van der Waals surface area (Å²) in [6, 6.07) is 1.93. The maximum atomic E-state index is 4.51. The van der Waals surface area contributed by atoms with Crippen LogP contribution >= 0.6 is 0 Å². The Labute approximate surface area is 96.5 Å². The Hall–Kier alpha value is -0.920. The normalized spacial score (nSPS) is 44.9. The summed E-state index contributed by atoms with van der Waals surface area (Å²) in [4.78, 5) is 9.03. The third-order valence-electron chi connectivity index (χ3n) is 5.11. The van der Waals surface area contributed by atoms with Gasteiger partial charge in [0.1, 0.15) is 5.82 Å². The summed E-state index contributed by atoms with van der Waals surface area (Å²) < 4.78 is 0. The highest BCUT2D eigenvalue weighted by atomic mass is 14.9. The zero-order chi connectivity index (χ0) is 10.5. The summed E-state index contributed by atoms with van der Waals surface area (Å²) in [5.74, 6) is 5.72. The summed E-state index contributed by atoms with van der Waals surface area (Å²) in [6.07, 6.45) is 11.2. The van der Waals surface area contributed by atoms with Crippen LogP contribution in [0.2, 0.25) is 0 Å². The molecule has 4 bridgehead atoms. The van der Waals surface area contributed by atoms with E-state index >= 15 is 0 Å². The van der Waals surface area contributed by atoms with Gasteiger partial charge in [-0.1, -0.05) is 0 Å². The number of rotatable bonds is 1. The second-order valence-corrected chi connectivity index (χ2v) is 6.06. The molecule has 1 aromatic heterocycles. The Kier molecular flexibility index (Phi) is 1.88. The molecule has 0 aromatic carbocycles. The number of hydrogen-bond donors (Lipinski definition) is 0. The fourth-order valence-corrected chi connectivity index (χ4v) is 4.83. The zero-order valence-electron chi connectivity index (χ0n) is 9.55. The van der Waals surface area contributed by atoms with Gasteiger partial charge < -0.3 is 0 Å². The van der Waals surface area contributed by atoms with Gasteiger partial charge in [0, 0.05) is 18.3 Å². The van der Waals surface area contributed by atoms with E-state index in [0.717, 1.165) is 29.5 Å². The molecule has 4 aliphatic carbocycles. The lowest BCUT2D eigenvalue weighted by Gasteiger charge is -2.53. The fourth-order valence-electron chi connectivity index (χ4n) is 4.83. The lowest BCUT2D eigenvalue weighted by atomic mass is 9.51. The van der Waals surface area contributed by atoms with E-state index in [-0.39, 0.29) is 0 Å². The van der Waals surface area contributed by atoms with Crippen LogP contribution in [0, 0.1) is 23.7 Å². The van der Waals surface area contributed by atoms with Gasteiger partial charge in [-0.2, -0.15) is 0 Å². The van der Waals surface area contributed by atoms with Gasteiger partial charge in [-0.25, -0.2) is 9.97 Å². The Balaban J connectivity index is 1.70. The lowest BCUT2D eigenvalue weighted by Crippen LogP contribution is -2.44. The zero-order valence-corrected chi connectivity index (χ0v) is 9.55. The van der Waals surface area contributed by atoms with E-state index in [9.17, 15) is 0 Å². The fraction of sp³-hybridized carbons (Fsp3) is 0.714. The summed E-state index contributed by atoms with van der Waals surface area (Å²) in [6.45, 7) is 0. The molecule has 84 valence electrons. The van der Waals surface area contributed by atoms with Crippen molar-refractivity contribution in [3.8, 4) is 0 Å². The van der Waals surface area contributed by atoms with E-state index in [0.29, 0.717) is 5.92 Å². The highest BCUT2D eigenvalue weighted by molar-refractivity contribution is 5.10. The van der Waals surface area contributed by atoms with Crippen LogP contribution in [0.3, 0.4) is 0 Å². The summed E-state index contributed by atoms with van der Waals surface area (Å²) in [7, 11) is 0. The molecule has 5 rings (SSSR count). The minimum Gasteiger partial charge on any atom is -0.241 e. The van der Waals surface area contributed by atoms with Gasteiger partial charge in [-0.3, -0.25) is 0 Å². The van der Waals surface area contributed by atoms with Crippen molar-refractivity contribution in [1.82, 2.24) is 9.97 Å². The van der Waals surface area contributed by atoms with Crippen molar-refractivity contribution in [3.05, 3.63) is 24.3 Å². The predicted octanol–water partition coefficient (Wildman–Crippen LogP) is 3.02. The van der Waals surface area contributed by atoms with Gasteiger partial charge in [0.2, 0.25) is 0 Å². The van der Waals surface area contributed by atoms with E-state index in [1.807, 2.05) is 18.5 Å². The molecule has 0 radical (unpaired) electrons. The smallest absolute Gasteiger partial charge is 0.131 e. The third-order valence-corrected chi connectivity index (χ3v) is 5.11. The standard InChI is InChI=1S/C14H18N2/c1-2-15-14(16-3-1)13-11-5-9-4-10(7-11)8-12(13)6-9/h1-3,9-13H,4-8H2. The molecule has 0 spiro atoms. The molecule has 1 aromatic rings. The van der Waals surface area contributed by atoms with Gasteiger partial charge >= 0.3 is 0 Å². The van der Waals surface area contributed by atoms with Gasteiger partial charge in [-0.15, -0.1) is 0 Å². The molecule has 2 nitrogen and oxygen atoms in total. The van der Waals surface area contributed by atoms with Crippen LogP contribution < -0.4 is 0 Å². The molecule has 0 N–H and O–H groups in total. The van der Waals surface area contributed by atoms with E-state index in [1.54, 1.807) is 0 Å². The van der Waals surface area contributed by atoms with E-state index in [4.69, 9.17) is 0 Å². The summed E-state index contributed by atoms with van der Waals surface area (Å²) in [5.41, 5.74) is 0. The molecule has 4 saturated carbocycles. The molecule has 4 fully saturated rings. The van der Waals surface area contributed by atoms with Crippen molar-refractivity contribution >= 4 is 0 Å². The molecule has 0 aliphatic heterocycles. The monoisotopic (exact) mass is 214 g/mol. The summed E-state index contributed by atoms with van der Waals surface area (Å²) >= 11 is 0. The van der Waals surface area contributed by atoms with Gasteiger partial charge in [0.15, 0.2) is 0 Å². The number of nitrogens with zero attached hydrogens (tertiary/aromatic N) is 2. The average molecular weight is 214 g/mol. The van der Waals surface area contributed by atoms with E-state index in [2.05, 4.69) is 9.97 Å². The first-order valence-electron chi connectivity index (χ1n) is 6.67. The first kappa shape index (κ1) is 9.15. The molecule has 0 saturated heterocycles. The second-order valence-electron chi connectivity index (χ2n) is 6.06. The van der Waals surface area contributed by atoms with Crippen LogP contribution in [0.5, 0.6) is 0 Å². The molecular formula is C14H18N2. The van der Waals surface area contributed by atoms with Gasteiger partial charge in [0.05, 0.1) is 0 Å². The van der Waals surface area contributed by atoms with E-state index in [1.165, 1.54) is 32.1 Å². The Morgan fingerprint density at radius 1 is 0.812 bits per heavy atom. The highest BCUT2D eigenvalue weighted by Crippen LogP contribution is 2.59. The highest BCUT2D eigenvalue weighted by Gasteiger charge is 2.49. The van der Waals surface area contributed by atoms with Gasteiger partial charge in [0.25, 0.3) is 0 Å². The largest absolute Gasteiger partial charge is 0.241 e. The minimum absolute atomic E-state index is 0.689. The predicted molar refractivity (Wildman–Crippen MR) is 61.8 cm³/mol. The maximum absolute atomic E-state index is 4.51. The molecule has 4 aliphatic rings. The third kappa shape index (κ3) is 1.25. The molecule has 0 atom stereocenters. The molecule has 0 unspecified atom stereocenters. The van der Waals surface area contributed by atoms with Gasteiger partial charge in [-0.05, 0) is 61.8 Å².